The molecule has 4 aliphatic rings. The molecule has 4 bridgehead atoms. The van der Waals surface area contributed by atoms with Crippen molar-refractivity contribution in [3.8, 4) is 0 Å². The average Bonchev–Trinajstić information content (AvgIpc) is 3.53. The van der Waals surface area contributed by atoms with Gasteiger partial charge in [-0.05, 0) is 63.6 Å². The number of nitrogens with zero attached hydrogens (tertiary/aromatic N) is 1. The molecule has 1 spiro atoms. The molecule has 2 aromatic carbocycles. The number of ether oxygens (including phenoxy) is 10. The highest BCUT2D eigenvalue weighted by molar-refractivity contribution is 5.91. The van der Waals surface area contributed by atoms with Crippen LogP contribution in [0.4, 0.5) is 0 Å². The quantitative estimate of drug-likeness (QED) is 0.226. The highest BCUT2D eigenvalue weighted by atomic mass is 16.7. The number of aromatic nitrogens is 1. The highest BCUT2D eigenvalue weighted by Crippen LogP contribution is 2.70. The van der Waals surface area contributed by atoms with Crippen LogP contribution in [-0.2, 0) is 82.6 Å². The molecular formula is C50H53NO20. The fourth-order valence-electron chi connectivity index (χ4n) is 10.7. The first-order valence-corrected chi connectivity index (χ1v) is 22.5. The van der Waals surface area contributed by atoms with Crippen LogP contribution in [-0.4, -0.2) is 136 Å². The summed E-state index contributed by atoms with van der Waals surface area (Å²) in [4.78, 5) is 130. The lowest BCUT2D eigenvalue weighted by Crippen LogP contribution is -2.89. The second-order valence-electron chi connectivity index (χ2n) is 18.4. The molecule has 12 unspecified atom stereocenters. The topological polar surface area (TPSA) is 279 Å². The number of carbonyl (C=O) groups excluding carboxylic acids is 9. The maximum absolute atomic E-state index is 15.1. The lowest BCUT2D eigenvalue weighted by Gasteiger charge is -2.67. The molecule has 378 valence electrons. The molecule has 71 heavy (non-hydrogen) atoms. The van der Waals surface area contributed by atoms with Gasteiger partial charge in [0.25, 0.3) is 0 Å². The summed E-state index contributed by atoms with van der Waals surface area (Å²) in [6, 6.07) is 17.5. The van der Waals surface area contributed by atoms with Crippen LogP contribution in [0.25, 0.3) is 0 Å². The largest absolute Gasteiger partial charge is 0.465 e. The standard InChI is InChI=1S/C50H53NO20/c1-26(52)62-25-49-40(66-29(4)55)36(64-27(2)53)35-38(67-42(57)31-16-11-9-12-17-31)50(49)48(8,61)39(37(65-28(3)54)41(49)68-43(58)32-18-13-10-14-19-32)69-45(60)46(6,70-30(5)56)22-21-34-33(20-15-23-51-34)44(59)63-24-47(35,7)71-50/h9-20,23,35-41,61H,21-22,24-25H2,1-8H3. The van der Waals surface area contributed by atoms with E-state index < -0.39 is 144 Å². The second kappa shape index (κ2) is 19.5. The van der Waals surface area contributed by atoms with Crippen LogP contribution in [0.2, 0.25) is 0 Å². The molecule has 3 heterocycles. The molecule has 7 rings (SSSR count). The van der Waals surface area contributed by atoms with Crippen molar-refractivity contribution in [1.82, 2.24) is 4.98 Å². The number of hydrogen-bond donors (Lipinski definition) is 1. The van der Waals surface area contributed by atoms with Crippen LogP contribution >= 0.6 is 0 Å². The van der Waals surface area contributed by atoms with Crippen molar-refractivity contribution in [3.05, 3.63) is 101 Å². The smallest absolute Gasteiger partial charge is 0.350 e. The van der Waals surface area contributed by atoms with Gasteiger partial charge in [0, 0.05) is 47.2 Å². The Kier molecular flexibility index (Phi) is 14.2. The predicted molar refractivity (Wildman–Crippen MR) is 236 cm³/mol. The number of cyclic esters (lactones) is 1. The molecule has 12 atom stereocenters. The molecule has 2 saturated carbocycles. The molecule has 2 aliphatic carbocycles. The Labute approximate surface area is 406 Å². The van der Waals surface area contributed by atoms with Crippen LogP contribution in [0, 0.1) is 11.3 Å². The number of aliphatic hydroxyl groups is 1. The Bertz CT molecular complexity index is 2620. The molecule has 0 radical (unpaired) electrons. The van der Waals surface area contributed by atoms with Gasteiger partial charge in [-0.25, -0.2) is 19.2 Å². The summed E-state index contributed by atoms with van der Waals surface area (Å²) < 4.78 is 62.2. The van der Waals surface area contributed by atoms with Crippen LogP contribution in [0.1, 0.15) is 98.6 Å². The zero-order valence-electron chi connectivity index (χ0n) is 40.0. The van der Waals surface area contributed by atoms with Crippen molar-refractivity contribution in [2.45, 2.75) is 127 Å². The van der Waals surface area contributed by atoms with Crippen molar-refractivity contribution in [2.75, 3.05) is 13.2 Å². The van der Waals surface area contributed by atoms with Gasteiger partial charge in [0.2, 0.25) is 5.60 Å². The Balaban J connectivity index is 1.66. The first-order valence-electron chi connectivity index (χ1n) is 22.5. The van der Waals surface area contributed by atoms with Gasteiger partial charge in [0.1, 0.15) is 42.0 Å². The Morgan fingerprint density at radius 1 is 0.676 bits per heavy atom. The molecule has 21 nitrogen and oxygen atoms in total. The van der Waals surface area contributed by atoms with Gasteiger partial charge in [-0.15, -0.1) is 0 Å². The fourth-order valence-corrected chi connectivity index (χ4v) is 10.7. The van der Waals surface area contributed by atoms with E-state index in [-0.39, 0.29) is 28.8 Å². The van der Waals surface area contributed by atoms with Crippen LogP contribution in [0.15, 0.2) is 79.0 Å². The van der Waals surface area contributed by atoms with Crippen molar-refractivity contribution >= 4 is 53.7 Å². The molecule has 1 saturated heterocycles. The lowest BCUT2D eigenvalue weighted by atomic mass is 9.45. The number of pyridine rings is 1. The van der Waals surface area contributed by atoms with Crippen molar-refractivity contribution in [1.29, 1.82) is 0 Å². The van der Waals surface area contributed by atoms with Crippen LogP contribution < -0.4 is 0 Å². The molecule has 1 N–H and O–H groups in total. The molecule has 1 aromatic heterocycles. The maximum atomic E-state index is 15.1. The van der Waals surface area contributed by atoms with Gasteiger partial charge in [-0.3, -0.25) is 29.0 Å². The zero-order valence-corrected chi connectivity index (χ0v) is 40.0. The van der Waals surface area contributed by atoms with E-state index in [1.54, 1.807) is 12.1 Å². The first-order chi connectivity index (χ1) is 33.4. The Hall–Kier alpha value is -7.26. The Morgan fingerprint density at radius 2 is 1.23 bits per heavy atom. The van der Waals surface area contributed by atoms with Gasteiger partial charge in [0.05, 0.1) is 28.3 Å². The first kappa shape index (κ1) is 51.6. The summed E-state index contributed by atoms with van der Waals surface area (Å²) in [6.07, 6.45) is -12.5. The molecule has 3 aromatic rings. The molecular weight excluding hydrogens is 935 g/mol. The predicted octanol–water partition coefficient (Wildman–Crippen LogP) is 3.14. The summed E-state index contributed by atoms with van der Waals surface area (Å²) in [6.45, 7) is 6.38. The number of fused-ring (bicyclic) bond motifs is 5. The van der Waals surface area contributed by atoms with E-state index in [0.29, 0.717) is 0 Å². The van der Waals surface area contributed by atoms with Gasteiger partial charge < -0.3 is 52.5 Å². The van der Waals surface area contributed by atoms with Crippen LogP contribution in [0.5, 0.6) is 0 Å². The van der Waals surface area contributed by atoms with E-state index in [0.717, 1.165) is 41.5 Å². The number of rotatable bonds is 10. The SMILES string of the molecule is CC(=O)OCC12C(OC(C)=O)C(OC(C)=O)C3C(OC(=O)c4ccccc4)C14OC3(C)COC(=O)c1cccnc1CCC(C)(OC(C)=O)C(=O)OC(C(OC(C)=O)C2OC(=O)c1ccccc1)C4(C)O. The van der Waals surface area contributed by atoms with Gasteiger partial charge in [-0.2, -0.15) is 0 Å². The molecule has 3 fully saturated rings. The Morgan fingerprint density at radius 3 is 1.77 bits per heavy atom. The van der Waals surface area contributed by atoms with E-state index in [4.69, 9.17) is 47.4 Å². The second-order valence-corrected chi connectivity index (χ2v) is 18.4. The number of benzene rings is 2. The summed E-state index contributed by atoms with van der Waals surface area (Å²) in [7, 11) is 0. The normalized spacial score (nSPS) is 32.9. The zero-order chi connectivity index (χ0) is 51.8. The highest BCUT2D eigenvalue weighted by Gasteiger charge is 2.92. The summed E-state index contributed by atoms with van der Waals surface area (Å²) in [5.74, 6) is -11.8. The third kappa shape index (κ3) is 9.19. The van der Waals surface area contributed by atoms with Gasteiger partial charge in [-0.1, -0.05) is 36.4 Å². The number of carbonyl (C=O) groups is 9. The van der Waals surface area contributed by atoms with E-state index in [1.807, 2.05) is 0 Å². The van der Waals surface area contributed by atoms with E-state index >= 15 is 4.79 Å². The summed E-state index contributed by atoms with van der Waals surface area (Å²) in [5, 5.41) is 14.0. The minimum Gasteiger partial charge on any atom is -0.465 e. The monoisotopic (exact) mass is 987 g/mol. The number of esters is 9. The van der Waals surface area contributed by atoms with E-state index in [1.165, 1.54) is 80.7 Å². The van der Waals surface area contributed by atoms with E-state index in [2.05, 4.69) is 4.98 Å². The third-order valence-corrected chi connectivity index (χ3v) is 13.5. The van der Waals surface area contributed by atoms with Gasteiger partial charge >= 0.3 is 53.7 Å². The summed E-state index contributed by atoms with van der Waals surface area (Å²) in [5.41, 5.74) is -13.7. The van der Waals surface area contributed by atoms with Crippen molar-refractivity contribution in [3.63, 3.8) is 0 Å². The molecule has 21 heteroatoms. The fraction of sp³-hybridized carbons (Fsp3) is 0.480. The maximum Gasteiger partial charge on any atom is 0.350 e. The average molecular weight is 988 g/mol. The van der Waals surface area contributed by atoms with Gasteiger partial charge in [0.15, 0.2) is 30.0 Å². The molecule has 2 aliphatic heterocycles. The van der Waals surface area contributed by atoms with Crippen LogP contribution in [0.3, 0.4) is 0 Å². The minimum absolute atomic E-state index is 0.0626. The lowest BCUT2D eigenvalue weighted by molar-refractivity contribution is -0.385. The minimum atomic E-state index is -3.07. The van der Waals surface area contributed by atoms with Crippen molar-refractivity contribution < 1.29 is 95.6 Å². The molecule has 0 amide bonds. The number of hydrogen-bond acceptors (Lipinski definition) is 21. The third-order valence-electron chi connectivity index (χ3n) is 13.5. The van der Waals surface area contributed by atoms with Crippen molar-refractivity contribution in [2.24, 2.45) is 11.3 Å². The van der Waals surface area contributed by atoms with E-state index in [9.17, 15) is 43.5 Å². The summed E-state index contributed by atoms with van der Waals surface area (Å²) >= 11 is 0. The number of aryl methyl sites for hydroxylation is 1.